The van der Waals surface area contributed by atoms with E-state index in [1.54, 1.807) is 0 Å². The smallest absolute Gasteiger partial charge is 0.0717 e. The SMILES string of the molecule is CSc1ccccc1NC1CCOC2(CCSCC2)C1. The molecule has 3 rings (SSSR count). The van der Waals surface area contributed by atoms with Crippen LogP contribution in [-0.4, -0.2) is 36.0 Å². The minimum atomic E-state index is 0.162. The normalized spacial score (nSPS) is 25.6. The lowest BCUT2D eigenvalue weighted by Gasteiger charge is -2.43. The fourth-order valence-corrected chi connectivity index (χ4v) is 5.02. The van der Waals surface area contributed by atoms with Gasteiger partial charge in [-0.3, -0.25) is 0 Å². The van der Waals surface area contributed by atoms with Crippen molar-refractivity contribution in [3.05, 3.63) is 24.3 Å². The molecule has 1 aromatic carbocycles. The monoisotopic (exact) mass is 309 g/mol. The van der Waals surface area contributed by atoms with Gasteiger partial charge in [0, 0.05) is 23.2 Å². The van der Waals surface area contributed by atoms with Crippen molar-refractivity contribution in [3.63, 3.8) is 0 Å². The van der Waals surface area contributed by atoms with Gasteiger partial charge in [-0.1, -0.05) is 12.1 Å². The number of nitrogens with one attached hydrogen (secondary N) is 1. The number of thioether (sulfide) groups is 2. The van der Waals surface area contributed by atoms with Crippen LogP contribution in [0.4, 0.5) is 5.69 Å². The summed E-state index contributed by atoms with van der Waals surface area (Å²) in [5.74, 6) is 2.52. The molecule has 2 nitrogen and oxygen atoms in total. The Morgan fingerprint density at radius 3 is 2.90 bits per heavy atom. The topological polar surface area (TPSA) is 21.3 Å². The Labute approximate surface area is 130 Å². The molecule has 2 saturated heterocycles. The van der Waals surface area contributed by atoms with Crippen LogP contribution < -0.4 is 5.32 Å². The van der Waals surface area contributed by atoms with Gasteiger partial charge in [0.15, 0.2) is 0 Å². The van der Waals surface area contributed by atoms with E-state index < -0.39 is 0 Å². The zero-order valence-electron chi connectivity index (χ0n) is 12.1. The zero-order valence-corrected chi connectivity index (χ0v) is 13.7. The number of para-hydroxylation sites is 1. The summed E-state index contributed by atoms with van der Waals surface area (Å²) in [6, 6.07) is 9.18. The predicted molar refractivity (Wildman–Crippen MR) is 90.1 cm³/mol. The summed E-state index contributed by atoms with van der Waals surface area (Å²) in [5.41, 5.74) is 1.45. The second kappa shape index (κ2) is 6.63. The Hall–Kier alpha value is -0.320. The van der Waals surface area contributed by atoms with Crippen molar-refractivity contribution in [3.8, 4) is 0 Å². The van der Waals surface area contributed by atoms with Gasteiger partial charge in [0.2, 0.25) is 0 Å². The van der Waals surface area contributed by atoms with Crippen molar-refractivity contribution in [1.82, 2.24) is 0 Å². The lowest BCUT2D eigenvalue weighted by molar-refractivity contribution is -0.0865. The summed E-state index contributed by atoms with van der Waals surface area (Å²) in [6.45, 7) is 0.907. The molecule has 2 aliphatic rings. The zero-order chi connectivity index (χ0) is 13.8. The molecule has 0 bridgehead atoms. The Morgan fingerprint density at radius 2 is 2.10 bits per heavy atom. The van der Waals surface area contributed by atoms with E-state index in [9.17, 15) is 0 Å². The van der Waals surface area contributed by atoms with Gasteiger partial charge in [-0.15, -0.1) is 11.8 Å². The first-order chi connectivity index (χ1) is 9.81. The molecule has 2 aliphatic heterocycles. The van der Waals surface area contributed by atoms with E-state index in [-0.39, 0.29) is 5.60 Å². The van der Waals surface area contributed by atoms with E-state index in [0.29, 0.717) is 6.04 Å². The maximum atomic E-state index is 6.17. The van der Waals surface area contributed by atoms with Crippen LogP contribution in [0.25, 0.3) is 0 Å². The molecule has 0 aliphatic carbocycles. The average Bonchev–Trinajstić information content (AvgIpc) is 2.49. The highest BCUT2D eigenvalue weighted by Gasteiger charge is 2.38. The van der Waals surface area contributed by atoms with E-state index in [2.05, 4.69) is 47.6 Å². The fraction of sp³-hybridized carbons (Fsp3) is 0.625. The summed E-state index contributed by atoms with van der Waals surface area (Å²) < 4.78 is 6.17. The molecule has 0 aromatic heterocycles. The molecule has 0 saturated carbocycles. The van der Waals surface area contributed by atoms with E-state index in [4.69, 9.17) is 4.74 Å². The molecule has 1 N–H and O–H groups in total. The quantitative estimate of drug-likeness (QED) is 0.842. The summed E-state index contributed by atoms with van der Waals surface area (Å²) in [4.78, 5) is 1.34. The lowest BCUT2D eigenvalue weighted by Crippen LogP contribution is -2.46. The number of hydrogen-bond donors (Lipinski definition) is 1. The third-order valence-corrected chi connectivity index (χ3v) is 6.15. The largest absolute Gasteiger partial charge is 0.381 e. The van der Waals surface area contributed by atoms with Crippen LogP contribution in [0.3, 0.4) is 0 Å². The predicted octanol–water partition coefficient (Wildman–Crippen LogP) is 4.27. The van der Waals surface area contributed by atoms with Crippen molar-refractivity contribution >= 4 is 29.2 Å². The van der Waals surface area contributed by atoms with Gasteiger partial charge in [-0.05, 0) is 55.6 Å². The second-order valence-electron chi connectivity index (χ2n) is 5.68. The molecule has 1 atom stereocenters. The molecule has 1 unspecified atom stereocenters. The minimum Gasteiger partial charge on any atom is -0.381 e. The van der Waals surface area contributed by atoms with Crippen LogP contribution in [0, 0.1) is 0 Å². The van der Waals surface area contributed by atoms with Gasteiger partial charge >= 0.3 is 0 Å². The molecule has 0 radical (unpaired) electrons. The second-order valence-corrected chi connectivity index (χ2v) is 7.75. The van der Waals surface area contributed by atoms with E-state index >= 15 is 0 Å². The molecule has 0 amide bonds. The van der Waals surface area contributed by atoms with Gasteiger partial charge in [0.1, 0.15) is 0 Å². The Morgan fingerprint density at radius 1 is 1.30 bits per heavy atom. The Balaban J connectivity index is 1.68. The lowest BCUT2D eigenvalue weighted by atomic mass is 9.85. The van der Waals surface area contributed by atoms with Crippen LogP contribution in [0.1, 0.15) is 25.7 Å². The first-order valence-corrected chi connectivity index (χ1v) is 9.81. The van der Waals surface area contributed by atoms with Crippen LogP contribution in [-0.2, 0) is 4.74 Å². The summed E-state index contributed by atoms with van der Waals surface area (Å²) >= 11 is 3.88. The highest BCUT2D eigenvalue weighted by atomic mass is 32.2. The van der Waals surface area contributed by atoms with Crippen molar-refractivity contribution in [1.29, 1.82) is 0 Å². The highest BCUT2D eigenvalue weighted by molar-refractivity contribution is 7.99. The molecular weight excluding hydrogens is 286 g/mol. The number of anilines is 1. The maximum Gasteiger partial charge on any atom is 0.0717 e. The third-order valence-electron chi connectivity index (χ3n) is 4.36. The Bertz CT molecular complexity index is 440. The van der Waals surface area contributed by atoms with Crippen LogP contribution in [0.5, 0.6) is 0 Å². The van der Waals surface area contributed by atoms with Crippen molar-refractivity contribution in [2.75, 3.05) is 29.7 Å². The first-order valence-electron chi connectivity index (χ1n) is 7.43. The van der Waals surface area contributed by atoms with Crippen molar-refractivity contribution in [2.45, 2.75) is 42.2 Å². The van der Waals surface area contributed by atoms with Gasteiger partial charge < -0.3 is 10.1 Å². The van der Waals surface area contributed by atoms with Gasteiger partial charge in [0.05, 0.1) is 5.60 Å². The fourth-order valence-electron chi connectivity index (χ4n) is 3.23. The van der Waals surface area contributed by atoms with Gasteiger partial charge in [-0.25, -0.2) is 0 Å². The molecule has 2 heterocycles. The van der Waals surface area contributed by atoms with E-state index in [0.717, 1.165) is 19.4 Å². The number of benzene rings is 1. The maximum absolute atomic E-state index is 6.17. The van der Waals surface area contributed by atoms with Crippen molar-refractivity contribution in [2.24, 2.45) is 0 Å². The summed E-state index contributed by atoms with van der Waals surface area (Å²) in [5, 5.41) is 3.76. The van der Waals surface area contributed by atoms with Crippen LogP contribution in [0.2, 0.25) is 0 Å². The third kappa shape index (κ3) is 3.29. The molecule has 4 heteroatoms. The van der Waals surface area contributed by atoms with Crippen molar-refractivity contribution < 1.29 is 4.74 Å². The summed E-state index contributed by atoms with van der Waals surface area (Å²) in [7, 11) is 0. The summed E-state index contributed by atoms with van der Waals surface area (Å²) in [6.07, 6.45) is 6.87. The van der Waals surface area contributed by atoms with Gasteiger partial charge in [-0.2, -0.15) is 11.8 Å². The standard InChI is InChI=1S/C16H23NOS2/c1-19-15-5-3-2-4-14(15)17-13-6-9-18-16(12-13)7-10-20-11-8-16/h2-5,13,17H,6-12H2,1H3. The molecule has 110 valence electrons. The molecule has 20 heavy (non-hydrogen) atoms. The van der Waals surface area contributed by atoms with E-state index in [1.807, 2.05) is 11.8 Å². The molecule has 1 spiro atoms. The Kier molecular flexibility index (Phi) is 4.84. The minimum absolute atomic E-state index is 0.162. The molecule has 2 fully saturated rings. The van der Waals surface area contributed by atoms with Gasteiger partial charge in [0.25, 0.3) is 0 Å². The number of hydrogen-bond acceptors (Lipinski definition) is 4. The number of rotatable bonds is 3. The molecule has 1 aromatic rings. The van der Waals surface area contributed by atoms with E-state index in [1.165, 1.54) is 34.9 Å². The first kappa shape index (κ1) is 14.6. The number of ether oxygens (including phenoxy) is 1. The molecular formula is C16H23NOS2. The average molecular weight is 310 g/mol. The highest BCUT2D eigenvalue weighted by Crippen LogP contribution is 2.38. The van der Waals surface area contributed by atoms with Crippen LogP contribution in [0.15, 0.2) is 29.2 Å². The van der Waals surface area contributed by atoms with Crippen LogP contribution >= 0.6 is 23.5 Å².